The molecule has 1 unspecified atom stereocenters. The molecule has 1 aliphatic carbocycles. The molecule has 3 nitrogen and oxygen atoms in total. The van der Waals surface area contributed by atoms with Crippen molar-refractivity contribution in [3.63, 3.8) is 0 Å². The highest BCUT2D eigenvalue weighted by molar-refractivity contribution is 5.43. The van der Waals surface area contributed by atoms with Gasteiger partial charge in [0, 0.05) is 17.9 Å². The van der Waals surface area contributed by atoms with Crippen molar-refractivity contribution < 1.29 is 0 Å². The maximum Gasteiger partial charge on any atom is 0.207 e. The van der Waals surface area contributed by atoms with E-state index in [-0.39, 0.29) is 0 Å². The quantitative estimate of drug-likeness (QED) is 0.906. The van der Waals surface area contributed by atoms with Gasteiger partial charge in [0.1, 0.15) is 0 Å². The second-order valence-corrected chi connectivity index (χ2v) is 6.66. The zero-order valence-electron chi connectivity index (χ0n) is 12.6. The molecule has 0 spiro atoms. The molecule has 20 heavy (non-hydrogen) atoms. The van der Waals surface area contributed by atoms with E-state index in [4.69, 9.17) is 0 Å². The van der Waals surface area contributed by atoms with Gasteiger partial charge in [0.25, 0.3) is 0 Å². The predicted molar refractivity (Wildman–Crippen MR) is 83.3 cm³/mol. The minimum Gasteiger partial charge on any atom is -0.353 e. The van der Waals surface area contributed by atoms with Crippen molar-refractivity contribution in [2.75, 3.05) is 5.32 Å². The van der Waals surface area contributed by atoms with Crippen LogP contribution < -0.4 is 5.32 Å². The molecule has 2 aromatic rings. The standard InChI is InChI=1S/C17H23N3/c1-13-12-20(15-7-5-4-6-8-15)16(18-13)19-14-9-10-17(2,3)11-14/h4-8,12,14H,9-11H2,1-3H3,(H,18,19). The summed E-state index contributed by atoms with van der Waals surface area (Å²) >= 11 is 0. The van der Waals surface area contributed by atoms with Crippen molar-refractivity contribution in [3.8, 4) is 5.69 Å². The molecule has 0 amide bonds. The van der Waals surface area contributed by atoms with Crippen LogP contribution in [0.3, 0.4) is 0 Å². The van der Waals surface area contributed by atoms with Gasteiger partial charge in [-0.05, 0) is 43.7 Å². The van der Waals surface area contributed by atoms with Gasteiger partial charge in [0.15, 0.2) is 0 Å². The smallest absolute Gasteiger partial charge is 0.207 e. The molecule has 0 bridgehead atoms. The minimum atomic E-state index is 0.455. The number of anilines is 1. The molecule has 1 aromatic carbocycles. The Hall–Kier alpha value is -1.77. The maximum atomic E-state index is 4.65. The third-order valence-electron chi connectivity index (χ3n) is 4.16. The SMILES string of the molecule is Cc1cn(-c2ccccc2)c(NC2CCC(C)(C)C2)n1. The number of aryl methyl sites for hydroxylation is 1. The monoisotopic (exact) mass is 269 g/mol. The van der Waals surface area contributed by atoms with E-state index in [0.29, 0.717) is 11.5 Å². The van der Waals surface area contributed by atoms with E-state index < -0.39 is 0 Å². The van der Waals surface area contributed by atoms with Crippen molar-refractivity contribution in [1.29, 1.82) is 0 Å². The molecule has 0 aliphatic heterocycles. The summed E-state index contributed by atoms with van der Waals surface area (Å²) in [4.78, 5) is 4.65. The number of hydrogen-bond donors (Lipinski definition) is 1. The maximum absolute atomic E-state index is 4.65. The molecule has 106 valence electrons. The molecule has 0 saturated heterocycles. The lowest BCUT2D eigenvalue weighted by Gasteiger charge is -2.18. The van der Waals surface area contributed by atoms with Crippen LogP contribution in [0.2, 0.25) is 0 Å². The number of rotatable bonds is 3. The zero-order chi connectivity index (χ0) is 14.2. The largest absolute Gasteiger partial charge is 0.353 e. The number of nitrogens with one attached hydrogen (secondary N) is 1. The summed E-state index contributed by atoms with van der Waals surface area (Å²) in [7, 11) is 0. The molecule has 1 atom stereocenters. The van der Waals surface area contributed by atoms with Crippen molar-refractivity contribution in [2.45, 2.75) is 46.1 Å². The van der Waals surface area contributed by atoms with Crippen LogP contribution in [-0.2, 0) is 0 Å². The highest BCUT2D eigenvalue weighted by atomic mass is 15.2. The van der Waals surface area contributed by atoms with E-state index in [1.54, 1.807) is 0 Å². The van der Waals surface area contributed by atoms with E-state index >= 15 is 0 Å². The van der Waals surface area contributed by atoms with E-state index in [1.807, 2.05) is 13.0 Å². The van der Waals surface area contributed by atoms with E-state index in [0.717, 1.165) is 17.3 Å². The fraction of sp³-hybridized carbons (Fsp3) is 0.471. The predicted octanol–water partition coefficient (Wildman–Crippen LogP) is 4.17. The van der Waals surface area contributed by atoms with E-state index in [9.17, 15) is 0 Å². The molecular formula is C17H23N3. The Morgan fingerprint density at radius 3 is 2.65 bits per heavy atom. The van der Waals surface area contributed by atoms with Crippen LogP contribution in [0.25, 0.3) is 5.69 Å². The molecule has 1 aliphatic rings. The zero-order valence-corrected chi connectivity index (χ0v) is 12.6. The van der Waals surface area contributed by atoms with Crippen LogP contribution in [0.5, 0.6) is 0 Å². The second kappa shape index (κ2) is 4.97. The molecule has 3 heteroatoms. The van der Waals surface area contributed by atoms with Crippen molar-refractivity contribution in [2.24, 2.45) is 5.41 Å². The van der Waals surface area contributed by atoms with E-state index in [2.05, 4.69) is 59.2 Å². The van der Waals surface area contributed by atoms with Crippen LogP contribution in [0.1, 0.15) is 38.8 Å². The highest BCUT2D eigenvalue weighted by Crippen LogP contribution is 2.38. The summed E-state index contributed by atoms with van der Waals surface area (Å²) in [6.07, 6.45) is 5.83. The third-order valence-corrected chi connectivity index (χ3v) is 4.16. The van der Waals surface area contributed by atoms with Gasteiger partial charge in [0.05, 0.1) is 5.69 Å². The lowest BCUT2D eigenvalue weighted by atomic mass is 9.92. The van der Waals surface area contributed by atoms with Crippen LogP contribution >= 0.6 is 0 Å². The first-order valence-electron chi connectivity index (χ1n) is 7.41. The third kappa shape index (κ3) is 2.72. The summed E-state index contributed by atoms with van der Waals surface area (Å²) in [5.41, 5.74) is 2.66. The summed E-state index contributed by atoms with van der Waals surface area (Å²) < 4.78 is 2.15. The first kappa shape index (κ1) is 13.2. The molecule has 1 N–H and O–H groups in total. The molecule has 3 rings (SSSR count). The molecule has 1 heterocycles. The van der Waals surface area contributed by atoms with Crippen molar-refractivity contribution in [1.82, 2.24) is 9.55 Å². The number of aromatic nitrogens is 2. The molecule has 1 fully saturated rings. The Bertz CT molecular complexity index is 584. The van der Waals surface area contributed by atoms with Gasteiger partial charge in [-0.15, -0.1) is 0 Å². The Morgan fingerprint density at radius 2 is 2.00 bits per heavy atom. The van der Waals surface area contributed by atoms with Gasteiger partial charge in [-0.2, -0.15) is 0 Å². The summed E-state index contributed by atoms with van der Waals surface area (Å²) in [6, 6.07) is 10.9. The first-order valence-corrected chi connectivity index (χ1v) is 7.41. The van der Waals surface area contributed by atoms with E-state index in [1.165, 1.54) is 19.3 Å². The Kier molecular flexibility index (Phi) is 3.28. The average Bonchev–Trinajstić information content (AvgIpc) is 2.94. The van der Waals surface area contributed by atoms with Crippen LogP contribution in [0.4, 0.5) is 5.95 Å². The summed E-state index contributed by atoms with van der Waals surface area (Å²) in [5, 5.41) is 3.64. The molecular weight excluding hydrogens is 246 g/mol. The Morgan fingerprint density at radius 1 is 1.25 bits per heavy atom. The number of nitrogens with zero attached hydrogens (tertiary/aromatic N) is 2. The van der Waals surface area contributed by atoms with Crippen LogP contribution in [0, 0.1) is 12.3 Å². The number of benzene rings is 1. The minimum absolute atomic E-state index is 0.455. The number of imidazole rings is 1. The fourth-order valence-electron chi connectivity index (χ4n) is 3.13. The van der Waals surface area contributed by atoms with Gasteiger partial charge in [0.2, 0.25) is 5.95 Å². The second-order valence-electron chi connectivity index (χ2n) is 6.66. The number of hydrogen-bond acceptors (Lipinski definition) is 2. The lowest BCUT2D eigenvalue weighted by Crippen LogP contribution is -2.20. The first-order chi connectivity index (χ1) is 9.53. The topological polar surface area (TPSA) is 29.9 Å². The van der Waals surface area contributed by atoms with Gasteiger partial charge < -0.3 is 5.32 Å². The molecule has 1 aromatic heterocycles. The lowest BCUT2D eigenvalue weighted by molar-refractivity contribution is 0.378. The highest BCUT2D eigenvalue weighted by Gasteiger charge is 2.31. The van der Waals surface area contributed by atoms with Crippen molar-refractivity contribution in [3.05, 3.63) is 42.2 Å². The van der Waals surface area contributed by atoms with Crippen LogP contribution in [-0.4, -0.2) is 15.6 Å². The van der Waals surface area contributed by atoms with Gasteiger partial charge in [-0.1, -0.05) is 32.0 Å². The summed E-state index contributed by atoms with van der Waals surface area (Å²) in [6.45, 7) is 6.75. The molecule has 0 radical (unpaired) electrons. The van der Waals surface area contributed by atoms with Gasteiger partial charge in [-0.25, -0.2) is 4.98 Å². The van der Waals surface area contributed by atoms with Gasteiger partial charge >= 0.3 is 0 Å². The Labute approximate surface area is 121 Å². The Balaban J connectivity index is 1.84. The van der Waals surface area contributed by atoms with Crippen molar-refractivity contribution >= 4 is 5.95 Å². The fourth-order valence-corrected chi connectivity index (χ4v) is 3.13. The van der Waals surface area contributed by atoms with Gasteiger partial charge in [-0.3, -0.25) is 4.57 Å². The molecule has 1 saturated carbocycles. The number of para-hydroxylation sites is 1. The normalized spacial score (nSPS) is 21.1. The average molecular weight is 269 g/mol. The summed E-state index contributed by atoms with van der Waals surface area (Å²) in [5.74, 6) is 0.969. The van der Waals surface area contributed by atoms with Crippen LogP contribution in [0.15, 0.2) is 36.5 Å².